The summed E-state index contributed by atoms with van der Waals surface area (Å²) in [6, 6.07) is 1.87. The monoisotopic (exact) mass is 1030 g/mol. The highest BCUT2D eigenvalue weighted by Crippen LogP contribution is 2.73. The lowest BCUT2D eigenvalue weighted by molar-refractivity contribution is -0.198. The van der Waals surface area contributed by atoms with E-state index < -0.39 is 106 Å². The van der Waals surface area contributed by atoms with E-state index in [4.69, 9.17) is 16.2 Å². The molecule has 7 aliphatic carbocycles. The van der Waals surface area contributed by atoms with Crippen LogP contribution in [0.1, 0.15) is 129 Å². The van der Waals surface area contributed by atoms with Crippen molar-refractivity contribution in [3.63, 3.8) is 0 Å². The third kappa shape index (κ3) is 9.38. The molecule has 0 unspecified atom stereocenters. The molecular weight excluding hydrogens is 947 g/mol. The Kier molecular flexibility index (Phi) is 15.5. The number of esters is 1. The number of ether oxygens (including phenoxy) is 1. The van der Waals surface area contributed by atoms with Gasteiger partial charge < -0.3 is 67.4 Å². The van der Waals surface area contributed by atoms with Crippen LogP contribution in [-0.4, -0.2) is 131 Å². The number of aromatic amines is 1. The molecule has 5 fully saturated rings. The first-order chi connectivity index (χ1) is 35.1. The molecule has 0 amide bonds. The Morgan fingerprint density at radius 2 is 1.76 bits per heavy atom. The lowest BCUT2D eigenvalue weighted by atomic mass is 9.44. The van der Waals surface area contributed by atoms with Gasteiger partial charge in [-0.15, -0.1) is 0 Å². The number of carbonyl (C=O) groups excluding carboxylic acids is 3. The van der Waals surface area contributed by atoms with E-state index in [0.29, 0.717) is 43.6 Å². The summed E-state index contributed by atoms with van der Waals surface area (Å²) in [5.74, 6) is -0.0294. The zero-order chi connectivity index (χ0) is 53.2. The van der Waals surface area contributed by atoms with Crippen molar-refractivity contribution >= 4 is 23.5 Å². The number of nitrogens with one attached hydrogen (secondary N) is 2. The molecule has 2 heterocycles. The maximum Gasteiger partial charge on any atom is 0.313 e. The second-order valence-electron chi connectivity index (χ2n) is 24.8. The Morgan fingerprint density at radius 3 is 2.45 bits per heavy atom. The number of hydrogen-bond donors (Lipinski definition) is 12. The Balaban J connectivity index is 1.29. The number of aliphatic hydroxyl groups is 8. The minimum absolute atomic E-state index is 0.0194. The van der Waals surface area contributed by atoms with Gasteiger partial charge in [-0.3, -0.25) is 19.4 Å². The molecule has 8 aliphatic rings. The number of nitrogens with two attached hydrogens (primary N) is 2. The SMILES string of the molecule is CC(=O)CNC1=C2[C@H](CC[C@]3(CCN=C(N)N)[C@@H]4[C@@H](C[C@@]23O)[C@H](CCCO)C#C[C@H]([C@@H]2COC(=O)[C@H]2c2cc[nH]c2)C[C@H]2[C@@H](CC=C3CC[C@@H](C)C[C@H]32)[C@H](C(O)O)C[C@@H](O)[C@]4(C)O)[C@@]2(C)C[C@H](O)[C@H](O)C[C@H]2C1=O. The fraction of sp³-hybridized carbons (Fsp3) is 0.754. The van der Waals surface area contributed by atoms with Gasteiger partial charge in [-0.2, -0.15) is 0 Å². The quantitative estimate of drug-likeness (QED) is 0.0358. The number of fused-ring (bicyclic) bond motifs is 10. The number of hydrogen-bond acceptors (Lipinski definition) is 14. The van der Waals surface area contributed by atoms with Gasteiger partial charge in [0.1, 0.15) is 5.78 Å². The smallest absolute Gasteiger partial charge is 0.313 e. The summed E-state index contributed by atoms with van der Waals surface area (Å²) in [5.41, 5.74) is 8.04. The van der Waals surface area contributed by atoms with Crippen LogP contribution in [0, 0.1) is 93.7 Å². The van der Waals surface area contributed by atoms with E-state index in [9.17, 15) is 50.4 Å². The average molecular weight is 1030 g/mol. The number of carbonyl (C=O) groups is 3. The van der Waals surface area contributed by atoms with Crippen LogP contribution >= 0.6 is 0 Å². The van der Waals surface area contributed by atoms with Crippen LogP contribution in [0.15, 0.2) is 46.4 Å². The predicted octanol–water partition coefficient (Wildman–Crippen LogP) is 2.69. The molecule has 17 heteroatoms. The van der Waals surface area contributed by atoms with Crippen LogP contribution in [0.5, 0.6) is 0 Å². The van der Waals surface area contributed by atoms with Crippen molar-refractivity contribution in [2.24, 2.45) is 98.3 Å². The third-order valence-corrected chi connectivity index (χ3v) is 20.7. The highest BCUT2D eigenvalue weighted by atomic mass is 16.5. The summed E-state index contributed by atoms with van der Waals surface area (Å²) >= 11 is 0. The van der Waals surface area contributed by atoms with Crippen molar-refractivity contribution in [2.45, 2.75) is 159 Å². The molecule has 17 nitrogen and oxygen atoms in total. The van der Waals surface area contributed by atoms with Crippen molar-refractivity contribution in [3.05, 3.63) is 46.9 Å². The summed E-state index contributed by atoms with van der Waals surface area (Å²) in [5, 5.41) is 101. The Bertz CT molecular complexity index is 2420. The molecule has 9 rings (SSSR count). The second-order valence-corrected chi connectivity index (χ2v) is 24.8. The lowest BCUT2D eigenvalue weighted by Gasteiger charge is -2.62. The van der Waals surface area contributed by atoms with Crippen molar-refractivity contribution in [1.29, 1.82) is 0 Å². The van der Waals surface area contributed by atoms with Crippen LogP contribution in [0.25, 0.3) is 0 Å². The maximum atomic E-state index is 15.2. The first-order valence-corrected chi connectivity index (χ1v) is 27.6. The normalized spacial score (nSPS) is 44.0. The van der Waals surface area contributed by atoms with Crippen molar-refractivity contribution in [3.8, 4) is 11.8 Å². The summed E-state index contributed by atoms with van der Waals surface area (Å²) in [6.07, 6.45) is 4.78. The molecule has 0 bridgehead atoms. The van der Waals surface area contributed by atoms with E-state index in [-0.39, 0.29) is 106 Å². The number of Topliss-reactive ketones (excluding diaryl/α,β-unsaturated/α-hetero) is 2. The van der Waals surface area contributed by atoms with E-state index in [1.54, 1.807) is 19.3 Å². The van der Waals surface area contributed by atoms with Gasteiger partial charge in [-0.25, -0.2) is 0 Å². The number of ketones is 2. The lowest BCUT2D eigenvalue weighted by Crippen LogP contribution is -2.65. The number of cyclic esters (lactones) is 1. The van der Waals surface area contributed by atoms with Crippen molar-refractivity contribution in [2.75, 3.05) is 26.3 Å². The fourth-order valence-corrected chi connectivity index (χ4v) is 17.2. The molecule has 1 aromatic heterocycles. The number of H-pyrrole nitrogens is 1. The van der Waals surface area contributed by atoms with Gasteiger partial charge in [0.05, 0.1) is 54.3 Å². The number of aliphatic hydroxyl groups excluding tert-OH is 5. The molecule has 14 N–H and O–H groups in total. The van der Waals surface area contributed by atoms with Gasteiger partial charge in [0.25, 0.3) is 0 Å². The molecule has 74 heavy (non-hydrogen) atoms. The summed E-state index contributed by atoms with van der Waals surface area (Å²) in [4.78, 5) is 49.4. The first-order valence-electron chi connectivity index (χ1n) is 27.6. The van der Waals surface area contributed by atoms with Gasteiger partial charge in [0.2, 0.25) is 0 Å². The van der Waals surface area contributed by atoms with Crippen LogP contribution in [0.3, 0.4) is 0 Å². The van der Waals surface area contributed by atoms with Crippen LogP contribution in [0.4, 0.5) is 0 Å². The van der Waals surface area contributed by atoms with Gasteiger partial charge in [0, 0.05) is 66.5 Å². The zero-order valence-electron chi connectivity index (χ0n) is 43.7. The van der Waals surface area contributed by atoms with E-state index in [0.717, 1.165) is 24.8 Å². The number of aliphatic imine (C=N–C) groups is 1. The largest absolute Gasteiger partial charge is 0.465 e. The molecule has 4 saturated carbocycles. The number of rotatable bonds is 12. The van der Waals surface area contributed by atoms with Gasteiger partial charge >= 0.3 is 5.97 Å². The minimum Gasteiger partial charge on any atom is -0.465 e. The molecule has 20 atom stereocenters. The van der Waals surface area contributed by atoms with Crippen molar-refractivity contribution in [1.82, 2.24) is 10.3 Å². The Morgan fingerprint density at radius 1 is 0.986 bits per heavy atom. The number of nitrogens with zero attached hydrogens (tertiary/aromatic N) is 1. The molecule has 1 aliphatic heterocycles. The van der Waals surface area contributed by atoms with E-state index >= 15 is 4.79 Å². The topological polar surface area (TPSA) is 314 Å². The van der Waals surface area contributed by atoms with Crippen molar-refractivity contribution < 1.29 is 60.0 Å². The fourth-order valence-electron chi connectivity index (χ4n) is 17.2. The standard InChI is InChI=1S/C57H83N5O12/c1-29-7-8-32-11-12-35-37(36(32)20-29)21-33(40-28-74-52(71)46(40)34-14-17-60-27-34)10-9-31(6-5-19-63)39-24-57(73)47-41(54(3)25-44(66)43(65)23-42(54)49(68)48(47)62-26-30(2)64)13-15-56(57,16-18-61-53(58)59)50(39)55(4,72)45(67)22-38(35)51(69)70/h11,14,17,27,29,31,33,35-46,50-51,60,62-63,65-67,69-70,72-73H,5-8,12-13,15-16,18-26,28H2,1-4H3,(H4,58,59,61)/t29-,31-,33+,35-,36-,37+,38-,39+,40+,41+,42+,43-,44+,45-,46+,50-,54-,55+,56+,57-/m1/s1. The molecule has 0 aromatic carbocycles. The summed E-state index contributed by atoms with van der Waals surface area (Å²) < 4.78 is 5.91. The van der Waals surface area contributed by atoms with Gasteiger partial charge in [-0.1, -0.05) is 37.3 Å². The van der Waals surface area contributed by atoms with E-state index in [1.807, 2.05) is 13.0 Å². The van der Waals surface area contributed by atoms with Crippen LogP contribution in [-0.2, 0) is 19.1 Å². The highest BCUT2D eigenvalue weighted by Gasteiger charge is 2.75. The van der Waals surface area contributed by atoms with E-state index in [2.05, 4.69) is 40.1 Å². The molecule has 1 aromatic rings. The molecule has 0 spiro atoms. The summed E-state index contributed by atoms with van der Waals surface area (Å²) in [7, 11) is 0. The van der Waals surface area contributed by atoms with Crippen LogP contribution < -0.4 is 16.8 Å². The Labute approximate surface area is 435 Å². The molecule has 0 radical (unpaired) electrons. The molecule has 1 saturated heterocycles. The molecule has 408 valence electrons. The number of aromatic nitrogens is 1. The first kappa shape index (κ1) is 54.7. The molecular formula is C57H83N5O12. The average Bonchev–Trinajstić information content (AvgIpc) is 4.07. The predicted molar refractivity (Wildman–Crippen MR) is 273 cm³/mol. The highest BCUT2D eigenvalue weighted by molar-refractivity contribution is 6.00. The Hall–Kier alpha value is -4.12. The summed E-state index contributed by atoms with van der Waals surface area (Å²) in [6.45, 7) is 6.78. The van der Waals surface area contributed by atoms with Gasteiger partial charge in [0.15, 0.2) is 18.0 Å². The van der Waals surface area contributed by atoms with Gasteiger partial charge in [-0.05, 0) is 162 Å². The zero-order valence-corrected chi connectivity index (χ0v) is 43.7. The number of guanidine groups is 1. The van der Waals surface area contributed by atoms with Crippen LogP contribution in [0.2, 0.25) is 0 Å². The van der Waals surface area contributed by atoms with E-state index in [1.165, 1.54) is 12.5 Å². The maximum absolute atomic E-state index is 15.2. The minimum atomic E-state index is -2.10. The number of allylic oxidation sites excluding steroid dienone is 3. The third-order valence-electron chi connectivity index (χ3n) is 20.7. The second kappa shape index (κ2) is 21.0.